The molecule has 1 N–H and O–H groups in total. The Bertz CT molecular complexity index is 360. The van der Waals surface area contributed by atoms with Crippen LogP contribution in [0.3, 0.4) is 0 Å². The molecule has 0 saturated heterocycles. The van der Waals surface area contributed by atoms with E-state index < -0.39 is 0 Å². The Labute approximate surface area is 84.3 Å². The summed E-state index contributed by atoms with van der Waals surface area (Å²) in [5, 5.41) is 3.23. The standard InChI is InChI=1S/C12H13NO/c1-2-13-10-12-6-3-5-11(9-12)7-4-8-14/h3,5-6,8-9,13H,2,10H2,1H3. The van der Waals surface area contributed by atoms with Crippen LogP contribution in [0, 0.1) is 11.8 Å². The van der Waals surface area contributed by atoms with Crippen molar-refractivity contribution in [3.8, 4) is 11.8 Å². The van der Waals surface area contributed by atoms with Crippen LogP contribution in [0.2, 0.25) is 0 Å². The quantitative estimate of drug-likeness (QED) is 0.571. The summed E-state index contributed by atoms with van der Waals surface area (Å²) < 4.78 is 0. The van der Waals surface area contributed by atoms with E-state index >= 15 is 0 Å². The highest BCUT2D eigenvalue weighted by atomic mass is 16.1. The molecular formula is C12H13NO. The molecule has 0 unspecified atom stereocenters. The van der Waals surface area contributed by atoms with Crippen LogP contribution >= 0.6 is 0 Å². The molecule has 0 aromatic heterocycles. The van der Waals surface area contributed by atoms with Crippen molar-refractivity contribution in [3.63, 3.8) is 0 Å². The third-order valence-electron chi connectivity index (χ3n) is 1.78. The molecular weight excluding hydrogens is 174 g/mol. The van der Waals surface area contributed by atoms with Crippen molar-refractivity contribution < 1.29 is 4.79 Å². The highest BCUT2D eigenvalue weighted by Gasteiger charge is 1.92. The van der Waals surface area contributed by atoms with Crippen LogP contribution in [-0.4, -0.2) is 12.8 Å². The zero-order valence-electron chi connectivity index (χ0n) is 8.21. The van der Waals surface area contributed by atoms with E-state index in [4.69, 9.17) is 0 Å². The van der Waals surface area contributed by atoms with E-state index in [-0.39, 0.29) is 0 Å². The van der Waals surface area contributed by atoms with Crippen molar-refractivity contribution in [2.45, 2.75) is 13.5 Å². The second-order valence-corrected chi connectivity index (χ2v) is 2.87. The molecule has 0 amide bonds. The molecule has 0 spiro atoms. The van der Waals surface area contributed by atoms with Crippen molar-refractivity contribution >= 4 is 6.29 Å². The van der Waals surface area contributed by atoms with Gasteiger partial charge in [0.1, 0.15) is 0 Å². The fraction of sp³-hybridized carbons (Fsp3) is 0.250. The maximum atomic E-state index is 10.0. The van der Waals surface area contributed by atoms with E-state index in [1.807, 2.05) is 24.3 Å². The van der Waals surface area contributed by atoms with Gasteiger partial charge >= 0.3 is 0 Å². The molecule has 72 valence electrons. The maximum Gasteiger partial charge on any atom is 0.193 e. The molecule has 0 aliphatic rings. The zero-order chi connectivity index (χ0) is 10.2. The van der Waals surface area contributed by atoms with Crippen LogP contribution in [0.25, 0.3) is 0 Å². The summed E-state index contributed by atoms with van der Waals surface area (Å²) in [6.45, 7) is 3.85. The molecule has 0 saturated carbocycles. The molecule has 0 radical (unpaired) electrons. The maximum absolute atomic E-state index is 10.0. The lowest BCUT2D eigenvalue weighted by molar-refractivity contribution is -0.103. The number of rotatable bonds is 3. The first-order chi connectivity index (χ1) is 6.86. The number of aldehydes is 1. The minimum atomic E-state index is 0.608. The van der Waals surface area contributed by atoms with Gasteiger partial charge in [0.15, 0.2) is 6.29 Å². The summed E-state index contributed by atoms with van der Waals surface area (Å²) in [5.74, 6) is 5.16. The molecule has 14 heavy (non-hydrogen) atoms. The Kier molecular flexibility index (Phi) is 4.46. The Morgan fingerprint density at radius 1 is 1.50 bits per heavy atom. The average molecular weight is 187 g/mol. The highest BCUT2D eigenvalue weighted by Crippen LogP contribution is 2.03. The van der Waals surface area contributed by atoms with Gasteiger partial charge in [0.2, 0.25) is 0 Å². The fourth-order valence-electron chi connectivity index (χ4n) is 1.14. The predicted octanol–water partition coefficient (Wildman–Crippen LogP) is 1.35. The van der Waals surface area contributed by atoms with E-state index in [0.29, 0.717) is 6.29 Å². The Morgan fingerprint density at radius 2 is 2.36 bits per heavy atom. The highest BCUT2D eigenvalue weighted by molar-refractivity contribution is 5.73. The molecule has 0 atom stereocenters. The zero-order valence-corrected chi connectivity index (χ0v) is 8.21. The van der Waals surface area contributed by atoms with Crippen LogP contribution in [0.15, 0.2) is 24.3 Å². The third kappa shape index (κ3) is 3.42. The fourth-order valence-corrected chi connectivity index (χ4v) is 1.14. The second-order valence-electron chi connectivity index (χ2n) is 2.87. The number of benzene rings is 1. The monoisotopic (exact) mass is 187 g/mol. The van der Waals surface area contributed by atoms with Gasteiger partial charge in [0.05, 0.1) is 0 Å². The number of hydrogen-bond acceptors (Lipinski definition) is 2. The van der Waals surface area contributed by atoms with Gasteiger partial charge < -0.3 is 5.32 Å². The SMILES string of the molecule is CCNCc1cccc(C#CC=O)c1. The topological polar surface area (TPSA) is 29.1 Å². The van der Waals surface area contributed by atoms with E-state index in [2.05, 4.69) is 24.1 Å². The van der Waals surface area contributed by atoms with Crippen molar-refractivity contribution in [1.82, 2.24) is 5.32 Å². The molecule has 0 fully saturated rings. The number of hydrogen-bond donors (Lipinski definition) is 1. The summed E-state index contributed by atoms with van der Waals surface area (Å²) in [4.78, 5) is 10.0. The molecule has 1 aromatic rings. The van der Waals surface area contributed by atoms with Gasteiger partial charge in [0.25, 0.3) is 0 Å². The van der Waals surface area contributed by atoms with Crippen LogP contribution < -0.4 is 5.32 Å². The molecule has 1 rings (SSSR count). The van der Waals surface area contributed by atoms with Gasteiger partial charge in [-0.1, -0.05) is 25.0 Å². The summed E-state index contributed by atoms with van der Waals surface area (Å²) in [7, 11) is 0. The molecule has 0 heterocycles. The molecule has 0 bridgehead atoms. The molecule has 2 heteroatoms. The van der Waals surface area contributed by atoms with Gasteiger partial charge in [-0.3, -0.25) is 4.79 Å². The predicted molar refractivity (Wildman–Crippen MR) is 56.8 cm³/mol. The van der Waals surface area contributed by atoms with E-state index in [9.17, 15) is 4.79 Å². The first-order valence-electron chi connectivity index (χ1n) is 4.61. The first kappa shape index (κ1) is 10.5. The van der Waals surface area contributed by atoms with E-state index in [1.165, 1.54) is 5.56 Å². The van der Waals surface area contributed by atoms with E-state index in [1.54, 1.807) is 0 Å². The molecule has 1 aromatic carbocycles. The Morgan fingerprint density at radius 3 is 3.07 bits per heavy atom. The van der Waals surface area contributed by atoms with Gasteiger partial charge in [-0.05, 0) is 30.2 Å². The normalized spacial score (nSPS) is 8.93. The summed E-state index contributed by atoms with van der Waals surface area (Å²) >= 11 is 0. The van der Waals surface area contributed by atoms with Crippen molar-refractivity contribution in [3.05, 3.63) is 35.4 Å². The minimum Gasteiger partial charge on any atom is -0.313 e. The summed E-state index contributed by atoms with van der Waals surface area (Å²) in [6.07, 6.45) is 0.608. The van der Waals surface area contributed by atoms with E-state index in [0.717, 1.165) is 18.7 Å². The van der Waals surface area contributed by atoms with Gasteiger partial charge in [-0.15, -0.1) is 0 Å². The molecule has 0 aliphatic heterocycles. The molecule has 0 aliphatic carbocycles. The minimum absolute atomic E-state index is 0.608. The Balaban J connectivity index is 2.73. The van der Waals surface area contributed by atoms with Crippen molar-refractivity contribution in [2.24, 2.45) is 0 Å². The first-order valence-corrected chi connectivity index (χ1v) is 4.61. The van der Waals surface area contributed by atoms with Crippen molar-refractivity contribution in [1.29, 1.82) is 0 Å². The van der Waals surface area contributed by atoms with Crippen LogP contribution in [0.5, 0.6) is 0 Å². The van der Waals surface area contributed by atoms with Gasteiger partial charge in [-0.2, -0.15) is 0 Å². The smallest absolute Gasteiger partial charge is 0.193 e. The lowest BCUT2D eigenvalue weighted by Gasteiger charge is -2.01. The van der Waals surface area contributed by atoms with Crippen LogP contribution in [0.1, 0.15) is 18.1 Å². The van der Waals surface area contributed by atoms with Crippen molar-refractivity contribution in [2.75, 3.05) is 6.54 Å². The van der Waals surface area contributed by atoms with Crippen LogP contribution in [0.4, 0.5) is 0 Å². The summed E-state index contributed by atoms with van der Waals surface area (Å²) in [6, 6.07) is 7.86. The number of carbonyl (C=O) groups excluding carboxylic acids is 1. The number of carbonyl (C=O) groups is 1. The molecule has 2 nitrogen and oxygen atoms in total. The lowest BCUT2D eigenvalue weighted by atomic mass is 10.1. The number of nitrogens with one attached hydrogen (secondary N) is 1. The largest absolute Gasteiger partial charge is 0.313 e. The van der Waals surface area contributed by atoms with Gasteiger partial charge in [0, 0.05) is 12.1 Å². The third-order valence-corrected chi connectivity index (χ3v) is 1.78. The summed E-state index contributed by atoms with van der Waals surface area (Å²) in [5.41, 5.74) is 2.07. The Hall–Kier alpha value is -1.59. The van der Waals surface area contributed by atoms with Crippen LogP contribution in [-0.2, 0) is 11.3 Å². The lowest BCUT2D eigenvalue weighted by Crippen LogP contribution is -2.11. The van der Waals surface area contributed by atoms with Gasteiger partial charge in [-0.25, -0.2) is 0 Å². The second kappa shape index (κ2) is 5.95. The average Bonchev–Trinajstić information content (AvgIpc) is 2.24.